The van der Waals surface area contributed by atoms with Crippen molar-refractivity contribution in [2.24, 2.45) is 0 Å². The first kappa shape index (κ1) is 14.3. The monoisotopic (exact) mass is 256 g/mol. The van der Waals surface area contributed by atoms with Crippen LogP contribution in [0.25, 0.3) is 0 Å². The van der Waals surface area contributed by atoms with Crippen LogP contribution in [-0.4, -0.2) is 63.5 Å². The fraction of sp³-hybridized carbons (Fsp3) is 1.00. The molecule has 2 saturated heterocycles. The maximum absolute atomic E-state index is 5.70. The van der Waals surface area contributed by atoms with E-state index in [2.05, 4.69) is 10.2 Å². The standard InChI is InChI=1S/C14H28N2O2/c1-17-11-7-15-12-13-4-2-8-16(13)9-6-14-5-3-10-18-14/h13-15H,2-12H2,1H3. The third-order valence-corrected chi connectivity index (χ3v) is 4.12. The third kappa shape index (κ3) is 4.50. The lowest BCUT2D eigenvalue weighted by molar-refractivity contribution is 0.0899. The van der Waals surface area contributed by atoms with Gasteiger partial charge < -0.3 is 14.8 Å². The molecule has 0 aliphatic carbocycles. The summed E-state index contributed by atoms with van der Waals surface area (Å²) in [7, 11) is 1.76. The molecule has 2 rings (SSSR count). The van der Waals surface area contributed by atoms with Crippen LogP contribution in [0.3, 0.4) is 0 Å². The predicted molar refractivity (Wildman–Crippen MR) is 72.9 cm³/mol. The van der Waals surface area contributed by atoms with E-state index in [9.17, 15) is 0 Å². The van der Waals surface area contributed by atoms with Gasteiger partial charge in [0.2, 0.25) is 0 Å². The Labute approximate surface area is 111 Å². The van der Waals surface area contributed by atoms with Crippen molar-refractivity contribution < 1.29 is 9.47 Å². The van der Waals surface area contributed by atoms with Gasteiger partial charge in [0.1, 0.15) is 0 Å². The number of likely N-dealkylation sites (tertiary alicyclic amines) is 1. The summed E-state index contributed by atoms with van der Waals surface area (Å²) in [6.45, 7) is 6.33. The SMILES string of the molecule is COCCNCC1CCCN1CCC1CCCO1. The molecule has 4 heteroatoms. The van der Waals surface area contributed by atoms with Crippen LogP contribution in [-0.2, 0) is 9.47 Å². The molecule has 2 fully saturated rings. The van der Waals surface area contributed by atoms with Gasteiger partial charge in [0.05, 0.1) is 12.7 Å². The molecule has 0 saturated carbocycles. The molecule has 18 heavy (non-hydrogen) atoms. The summed E-state index contributed by atoms with van der Waals surface area (Å²) < 4.78 is 10.8. The second-order valence-corrected chi connectivity index (χ2v) is 5.45. The van der Waals surface area contributed by atoms with Gasteiger partial charge in [-0.3, -0.25) is 4.90 Å². The van der Waals surface area contributed by atoms with Gasteiger partial charge in [0.25, 0.3) is 0 Å². The van der Waals surface area contributed by atoms with Gasteiger partial charge in [0, 0.05) is 39.4 Å². The van der Waals surface area contributed by atoms with Crippen LogP contribution in [0.5, 0.6) is 0 Å². The van der Waals surface area contributed by atoms with Crippen LogP contribution in [0.15, 0.2) is 0 Å². The number of nitrogens with zero attached hydrogens (tertiary/aromatic N) is 1. The minimum absolute atomic E-state index is 0.535. The number of rotatable bonds is 8. The largest absolute Gasteiger partial charge is 0.383 e. The summed E-state index contributed by atoms with van der Waals surface area (Å²) in [5, 5.41) is 3.49. The highest BCUT2D eigenvalue weighted by molar-refractivity contribution is 4.82. The molecule has 0 radical (unpaired) electrons. The number of methoxy groups -OCH3 is 1. The summed E-state index contributed by atoms with van der Waals surface area (Å²) in [6.07, 6.45) is 6.96. The maximum atomic E-state index is 5.70. The van der Waals surface area contributed by atoms with Crippen molar-refractivity contribution in [3.63, 3.8) is 0 Å². The molecule has 106 valence electrons. The third-order valence-electron chi connectivity index (χ3n) is 4.12. The molecule has 2 atom stereocenters. The van der Waals surface area contributed by atoms with E-state index >= 15 is 0 Å². The van der Waals surface area contributed by atoms with Gasteiger partial charge >= 0.3 is 0 Å². The van der Waals surface area contributed by atoms with E-state index in [1.165, 1.54) is 45.2 Å². The minimum Gasteiger partial charge on any atom is -0.383 e. The number of nitrogens with one attached hydrogen (secondary N) is 1. The molecule has 2 unspecified atom stereocenters. The molecular weight excluding hydrogens is 228 g/mol. The zero-order valence-corrected chi connectivity index (χ0v) is 11.7. The van der Waals surface area contributed by atoms with E-state index in [1.54, 1.807) is 7.11 Å². The number of hydrogen-bond donors (Lipinski definition) is 1. The lowest BCUT2D eigenvalue weighted by Crippen LogP contribution is -2.40. The Hall–Kier alpha value is -0.160. The van der Waals surface area contributed by atoms with Crippen molar-refractivity contribution in [3.05, 3.63) is 0 Å². The highest BCUT2D eigenvalue weighted by atomic mass is 16.5. The average Bonchev–Trinajstić information content (AvgIpc) is 3.03. The first-order chi connectivity index (χ1) is 8.90. The fourth-order valence-electron chi connectivity index (χ4n) is 3.05. The smallest absolute Gasteiger partial charge is 0.0588 e. The normalized spacial score (nSPS) is 29.2. The van der Waals surface area contributed by atoms with E-state index in [-0.39, 0.29) is 0 Å². The Morgan fingerprint density at radius 2 is 2.28 bits per heavy atom. The molecule has 0 aromatic rings. The Balaban J connectivity index is 1.60. The van der Waals surface area contributed by atoms with Crippen molar-refractivity contribution in [2.45, 2.75) is 44.2 Å². The molecule has 0 bridgehead atoms. The van der Waals surface area contributed by atoms with Crippen LogP contribution in [0.2, 0.25) is 0 Å². The first-order valence-corrected chi connectivity index (χ1v) is 7.45. The van der Waals surface area contributed by atoms with Crippen LogP contribution in [0.4, 0.5) is 0 Å². The van der Waals surface area contributed by atoms with Crippen LogP contribution < -0.4 is 5.32 Å². The summed E-state index contributed by atoms with van der Waals surface area (Å²) in [6, 6.07) is 0.725. The lowest BCUT2D eigenvalue weighted by atomic mass is 10.1. The Morgan fingerprint density at radius 3 is 3.06 bits per heavy atom. The van der Waals surface area contributed by atoms with Gasteiger partial charge in [0.15, 0.2) is 0 Å². The quantitative estimate of drug-likeness (QED) is 0.663. The van der Waals surface area contributed by atoms with Crippen LogP contribution >= 0.6 is 0 Å². The maximum Gasteiger partial charge on any atom is 0.0588 e. The molecule has 1 N–H and O–H groups in total. The zero-order chi connectivity index (χ0) is 12.6. The molecular formula is C14H28N2O2. The Bertz CT molecular complexity index is 220. The molecule has 2 aliphatic heterocycles. The van der Waals surface area contributed by atoms with Crippen molar-refractivity contribution in [3.8, 4) is 0 Å². The van der Waals surface area contributed by atoms with E-state index in [0.717, 1.165) is 32.3 Å². The van der Waals surface area contributed by atoms with Gasteiger partial charge in [-0.25, -0.2) is 0 Å². The lowest BCUT2D eigenvalue weighted by Gasteiger charge is -2.25. The number of hydrogen-bond acceptors (Lipinski definition) is 4. The Morgan fingerprint density at radius 1 is 1.33 bits per heavy atom. The van der Waals surface area contributed by atoms with Crippen molar-refractivity contribution in [1.82, 2.24) is 10.2 Å². The van der Waals surface area contributed by atoms with Gasteiger partial charge in [-0.15, -0.1) is 0 Å². The number of ether oxygens (including phenoxy) is 2. The average molecular weight is 256 g/mol. The van der Waals surface area contributed by atoms with E-state index in [4.69, 9.17) is 9.47 Å². The molecule has 0 aromatic carbocycles. The van der Waals surface area contributed by atoms with Gasteiger partial charge in [-0.2, -0.15) is 0 Å². The second-order valence-electron chi connectivity index (χ2n) is 5.45. The molecule has 2 heterocycles. The van der Waals surface area contributed by atoms with Crippen molar-refractivity contribution >= 4 is 0 Å². The summed E-state index contributed by atoms with van der Waals surface area (Å²) >= 11 is 0. The van der Waals surface area contributed by atoms with Crippen molar-refractivity contribution in [2.75, 3.05) is 46.5 Å². The van der Waals surface area contributed by atoms with Crippen molar-refractivity contribution in [1.29, 1.82) is 0 Å². The fourth-order valence-corrected chi connectivity index (χ4v) is 3.05. The summed E-state index contributed by atoms with van der Waals surface area (Å²) in [5.41, 5.74) is 0. The predicted octanol–water partition coefficient (Wildman–Crippen LogP) is 1.26. The second kappa shape index (κ2) is 8.10. The first-order valence-electron chi connectivity index (χ1n) is 7.45. The van der Waals surface area contributed by atoms with Crippen LogP contribution in [0.1, 0.15) is 32.1 Å². The van der Waals surface area contributed by atoms with Crippen LogP contribution in [0, 0.1) is 0 Å². The zero-order valence-electron chi connectivity index (χ0n) is 11.7. The Kier molecular flexibility index (Phi) is 6.41. The van der Waals surface area contributed by atoms with Gasteiger partial charge in [-0.1, -0.05) is 0 Å². The summed E-state index contributed by atoms with van der Waals surface area (Å²) in [4.78, 5) is 2.64. The van der Waals surface area contributed by atoms with E-state index in [0.29, 0.717) is 6.10 Å². The van der Waals surface area contributed by atoms with E-state index < -0.39 is 0 Å². The topological polar surface area (TPSA) is 33.7 Å². The highest BCUT2D eigenvalue weighted by Gasteiger charge is 2.25. The molecule has 4 nitrogen and oxygen atoms in total. The highest BCUT2D eigenvalue weighted by Crippen LogP contribution is 2.20. The molecule has 0 amide bonds. The van der Waals surface area contributed by atoms with E-state index in [1.807, 2.05) is 0 Å². The molecule has 2 aliphatic rings. The molecule has 0 spiro atoms. The summed E-state index contributed by atoms with van der Waals surface area (Å²) in [5.74, 6) is 0. The van der Waals surface area contributed by atoms with Gasteiger partial charge in [-0.05, 0) is 38.6 Å². The molecule has 0 aromatic heterocycles. The minimum atomic E-state index is 0.535.